The molecule has 2 heterocycles. The largest absolute Gasteiger partial charge is 0.352 e. The van der Waals surface area contributed by atoms with Gasteiger partial charge in [-0.3, -0.25) is 9.36 Å². The third kappa shape index (κ3) is 4.41. The van der Waals surface area contributed by atoms with Crippen molar-refractivity contribution in [1.82, 2.24) is 19.9 Å². The fourth-order valence-electron chi connectivity index (χ4n) is 2.15. The molecule has 1 N–H and O–H groups in total. The molecule has 0 saturated carbocycles. The summed E-state index contributed by atoms with van der Waals surface area (Å²) in [4.78, 5) is 20.2. The molecule has 2 aromatic rings. The monoisotopic (exact) mass is 286 g/mol. The van der Waals surface area contributed by atoms with Crippen molar-refractivity contribution in [3.8, 4) is 5.82 Å². The van der Waals surface area contributed by atoms with Crippen molar-refractivity contribution in [2.45, 2.75) is 46.1 Å². The van der Waals surface area contributed by atoms with E-state index in [0.29, 0.717) is 13.0 Å². The molecule has 2 aromatic heterocycles. The summed E-state index contributed by atoms with van der Waals surface area (Å²) in [6.45, 7) is 4.60. The van der Waals surface area contributed by atoms with Crippen molar-refractivity contribution in [1.29, 1.82) is 0 Å². The molecule has 0 unspecified atom stereocenters. The van der Waals surface area contributed by atoms with Crippen LogP contribution in [0.2, 0.25) is 0 Å². The molecule has 0 atom stereocenters. The SMILES string of the molecule is CCCCCC(=O)NCc1ccnc(-n2ccnc2C)c1. The summed E-state index contributed by atoms with van der Waals surface area (Å²) in [5.41, 5.74) is 1.04. The topological polar surface area (TPSA) is 59.8 Å². The molecule has 2 rings (SSSR count). The van der Waals surface area contributed by atoms with Crippen molar-refractivity contribution in [3.63, 3.8) is 0 Å². The number of imidazole rings is 1. The van der Waals surface area contributed by atoms with Crippen LogP contribution in [0, 0.1) is 6.92 Å². The maximum atomic E-state index is 11.7. The number of nitrogens with one attached hydrogen (secondary N) is 1. The standard InChI is InChI=1S/C16H22N4O/c1-3-4-5-6-16(21)19-12-14-7-8-18-15(11-14)20-10-9-17-13(20)2/h7-11H,3-6,12H2,1-2H3,(H,19,21). The Kier molecular flexibility index (Phi) is 5.49. The average molecular weight is 286 g/mol. The Morgan fingerprint density at radius 1 is 1.29 bits per heavy atom. The van der Waals surface area contributed by atoms with Crippen LogP contribution in [0.15, 0.2) is 30.7 Å². The van der Waals surface area contributed by atoms with Crippen molar-refractivity contribution >= 4 is 5.91 Å². The van der Waals surface area contributed by atoms with E-state index in [1.807, 2.05) is 29.8 Å². The maximum absolute atomic E-state index is 11.7. The fraction of sp³-hybridized carbons (Fsp3) is 0.438. The summed E-state index contributed by atoms with van der Waals surface area (Å²) in [6.07, 6.45) is 9.18. The highest BCUT2D eigenvalue weighted by Gasteiger charge is 2.04. The minimum atomic E-state index is 0.112. The maximum Gasteiger partial charge on any atom is 0.220 e. The fourth-order valence-corrected chi connectivity index (χ4v) is 2.15. The van der Waals surface area contributed by atoms with E-state index in [1.165, 1.54) is 0 Å². The molecule has 0 fully saturated rings. The van der Waals surface area contributed by atoms with Crippen LogP contribution in [0.1, 0.15) is 44.0 Å². The first-order chi connectivity index (χ1) is 10.2. The molecule has 0 radical (unpaired) electrons. The van der Waals surface area contributed by atoms with Gasteiger partial charge in [0.25, 0.3) is 0 Å². The first kappa shape index (κ1) is 15.2. The number of pyridine rings is 1. The predicted octanol–water partition coefficient (Wildman–Crippen LogP) is 2.77. The summed E-state index contributed by atoms with van der Waals surface area (Å²) in [5, 5.41) is 2.95. The van der Waals surface area contributed by atoms with Crippen LogP contribution in [0.4, 0.5) is 0 Å². The van der Waals surface area contributed by atoms with E-state index in [1.54, 1.807) is 12.4 Å². The van der Waals surface area contributed by atoms with Crippen LogP contribution in [-0.4, -0.2) is 20.4 Å². The highest BCUT2D eigenvalue weighted by atomic mass is 16.1. The molecule has 5 nitrogen and oxygen atoms in total. The van der Waals surface area contributed by atoms with E-state index >= 15 is 0 Å². The van der Waals surface area contributed by atoms with Gasteiger partial charge < -0.3 is 5.32 Å². The van der Waals surface area contributed by atoms with Gasteiger partial charge in [0.2, 0.25) is 5.91 Å². The van der Waals surface area contributed by atoms with E-state index in [-0.39, 0.29) is 5.91 Å². The average Bonchev–Trinajstić information content (AvgIpc) is 2.92. The molecule has 0 spiro atoms. The van der Waals surface area contributed by atoms with Crippen molar-refractivity contribution in [2.75, 3.05) is 0 Å². The third-order valence-corrected chi connectivity index (χ3v) is 3.38. The van der Waals surface area contributed by atoms with Gasteiger partial charge in [0, 0.05) is 31.6 Å². The van der Waals surface area contributed by atoms with Crippen LogP contribution >= 0.6 is 0 Å². The van der Waals surface area contributed by atoms with Gasteiger partial charge in [-0.15, -0.1) is 0 Å². The lowest BCUT2D eigenvalue weighted by Gasteiger charge is -2.08. The zero-order valence-electron chi connectivity index (χ0n) is 12.7. The van der Waals surface area contributed by atoms with Gasteiger partial charge in [0.15, 0.2) is 0 Å². The Morgan fingerprint density at radius 3 is 2.86 bits per heavy atom. The Bertz CT molecular complexity index is 591. The molecule has 1 amide bonds. The summed E-state index contributed by atoms with van der Waals surface area (Å²) in [6, 6.07) is 3.89. The number of carbonyl (C=O) groups excluding carboxylic acids is 1. The molecule has 0 aliphatic rings. The normalized spacial score (nSPS) is 10.6. The molecule has 0 aliphatic heterocycles. The Hall–Kier alpha value is -2.17. The predicted molar refractivity (Wildman–Crippen MR) is 82.1 cm³/mol. The lowest BCUT2D eigenvalue weighted by molar-refractivity contribution is -0.121. The van der Waals surface area contributed by atoms with Gasteiger partial charge in [-0.05, 0) is 31.0 Å². The van der Waals surface area contributed by atoms with Crippen LogP contribution in [0.25, 0.3) is 5.82 Å². The molecule has 112 valence electrons. The van der Waals surface area contributed by atoms with Gasteiger partial charge >= 0.3 is 0 Å². The number of rotatable bonds is 7. The number of carbonyl (C=O) groups is 1. The zero-order valence-corrected chi connectivity index (χ0v) is 12.7. The smallest absolute Gasteiger partial charge is 0.220 e. The highest BCUT2D eigenvalue weighted by molar-refractivity contribution is 5.75. The van der Waals surface area contributed by atoms with E-state index in [0.717, 1.165) is 36.5 Å². The lowest BCUT2D eigenvalue weighted by atomic mass is 10.2. The van der Waals surface area contributed by atoms with Crippen molar-refractivity contribution < 1.29 is 4.79 Å². The number of nitrogens with zero attached hydrogens (tertiary/aromatic N) is 3. The molecule has 5 heteroatoms. The number of aromatic nitrogens is 3. The number of unbranched alkanes of at least 4 members (excludes halogenated alkanes) is 2. The third-order valence-electron chi connectivity index (χ3n) is 3.38. The lowest BCUT2D eigenvalue weighted by Crippen LogP contribution is -2.22. The molecule has 0 saturated heterocycles. The molecule has 0 aromatic carbocycles. The second-order valence-electron chi connectivity index (χ2n) is 5.10. The number of hydrogen-bond donors (Lipinski definition) is 1. The van der Waals surface area contributed by atoms with Gasteiger partial charge in [0.05, 0.1) is 0 Å². The minimum Gasteiger partial charge on any atom is -0.352 e. The van der Waals surface area contributed by atoms with Crippen LogP contribution in [-0.2, 0) is 11.3 Å². The molecular formula is C16H22N4O. The summed E-state index contributed by atoms with van der Waals surface area (Å²) >= 11 is 0. The number of aryl methyl sites for hydroxylation is 1. The zero-order chi connectivity index (χ0) is 15.1. The van der Waals surface area contributed by atoms with Crippen molar-refractivity contribution in [2.24, 2.45) is 0 Å². The molecule has 0 bridgehead atoms. The van der Waals surface area contributed by atoms with E-state index in [4.69, 9.17) is 0 Å². The second-order valence-corrected chi connectivity index (χ2v) is 5.10. The van der Waals surface area contributed by atoms with Crippen LogP contribution < -0.4 is 5.32 Å². The second kappa shape index (κ2) is 7.57. The molecule has 21 heavy (non-hydrogen) atoms. The van der Waals surface area contributed by atoms with Crippen LogP contribution in [0.3, 0.4) is 0 Å². The van der Waals surface area contributed by atoms with Gasteiger partial charge in [-0.25, -0.2) is 9.97 Å². The minimum absolute atomic E-state index is 0.112. The van der Waals surface area contributed by atoms with Gasteiger partial charge in [-0.1, -0.05) is 19.8 Å². The number of amides is 1. The van der Waals surface area contributed by atoms with Gasteiger partial charge in [-0.2, -0.15) is 0 Å². The van der Waals surface area contributed by atoms with E-state index < -0.39 is 0 Å². The van der Waals surface area contributed by atoms with Crippen molar-refractivity contribution in [3.05, 3.63) is 42.1 Å². The molecular weight excluding hydrogens is 264 g/mol. The first-order valence-corrected chi connectivity index (χ1v) is 7.42. The Labute approximate surface area is 125 Å². The van der Waals surface area contributed by atoms with Gasteiger partial charge in [0.1, 0.15) is 11.6 Å². The number of hydrogen-bond acceptors (Lipinski definition) is 3. The van der Waals surface area contributed by atoms with E-state index in [2.05, 4.69) is 22.2 Å². The Morgan fingerprint density at radius 2 is 2.14 bits per heavy atom. The summed E-state index contributed by atoms with van der Waals surface area (Å²) in [5.74, 6) is 1.83. The first-order valence-electron chi connectivity index (χ1n) is 7.42. The molecule has 0 aliphatic carbocycles. The highest BCUT2D eigenvalue weighted by Crippen LogP contribution is 2.09. The summed E-state index contributed by atoms with van der Waals surface area (Å²) < 4.78 is 1.92. The Balaban J connectivity index is 1.93. The van der Waals surface area contributed by atoms with E-state index in [9.17, 15) is 4.79 Å². The van der Waals surface area contributed by atoms with Crippen LogP contribution in [0.5, 0.6) is 0 Å². The summed E-state index contributed by atoms with van der Waals surface area (Å²) in [7, 11) is 0. The quantitative estimate of drug-likeness (QED) is 0.796.